The fourth-order valence-electron chi connectivity index (χ4n) is 6.27. The Balaban J connectivity index is 1.70. The van der Waals surface area contributed by atoms with Gasteiger partial charge in [-0.05, 0) is 89.6 Å². The number of rotatable bonds is 4. The average molecular weight is 659 g/mol. The summed E-state index contributed by atoms with van der Waals surface area (Å²) in [6.07, 6.45) is 0.613. The molecule has 3 heterocycles. The van der Waals surface area contributed by atoms with Gasteiger partial charge in [-0.15, -0.1) is 0 Å². The lowest BCUT2D eigenvalue weighted by Crippen LogP contribution is -2.45. The largest absolute Gasteiger partial charge is 0.475 e. The van der Waals surface area contributed by atoms with Gasteiger partial charge < -0.3 is 9.64 Å². The normalized spacial score (nSPS) is 16.9. The van der Waals surface area contributed by atoms with Crippen LogP contribution in [-0.4, -0.2) is 51.6 Å². The van der Waals surface area contributed by atoms with Crippen LogP contribution in [0.25, 0.3) is 11.3 Å². The zero-order valence-corrected chi connectivity index (χ0v) is 29.9. The van der Waals surface area contributed by atoms with Gasteiger partial charge in [0.05, 0.1) is 34.4 Å². The number of hydrogen-bond acceptors (Lipinski definition) is 7. The van der Waals surface area contributed by atoms with Crippen molar-refractivity contribution in [2.75, 3.05) is 11.3 Å². The molecule has 1 amide bonds. The smallest absolute Gasteiger partial charge is 0.264 e. The molecule has 0 aliphatic carbocycles. The van der Waals surface area contributed by atoms with E-state index in [1.54, 1.807) is 23.1 Å². The van der Waals surface area contributed by atoms with E-state index in [1.807, 2.05) is 50.6 Å². The molecule has 2 aromatic heterocycles. The van der Waals surface area contributed by atoms with Gasteiger partial charge in [-0.3, -0.25) is 9.48 Å². The molecule has 47 heavy (non-hydrogen) atoms. The molecular weight excluding hydrogens is 613 g/mol. The summed E-state index contributed by atoms with van der Waals surface area (Å²) in [7, 11) is -4.16. The molecule has 1 aliphatic heterocycles. The van der Waals surface area contributed by atoms with Crippen LogP contribution >= 0.6 is 0 Å². The maximum Gasteiger partial charge on any atom is 0.264 e. The Kier molecular flexibility index (Phi) is 9.00. The SMILES string of the molecule is Cc1cccc(C)c1-c1cc2nc(n1)NS(=O)(=O)c1cccc(c1)C(=O)N(Cc1c(C)nn(C(C)(C)C)c1C)[C@H](CC(C)(C)C)CO2. The summed E-state index contributed by atoms with van der Waals surface area (Å²) in [5, 5.41) is 4.84. The summed E-state index contributed by atoms with van der Waals surface area (Å²) in [5.41, 5.74) is 5.96. The van der Waals surface area contributed by atoms with E-state index >= 15 is 0 Å². The quantitative estimate of drug-likeness (QED) is 0.252. The second-order valence-corrected chi connectivity index (χ2v) is 16.4. The molecule has 0 radical (unpaired) electrons. The van der Waals surface area contributed by atoms with Gasteiger partial charge in [0.1, 0.15) is 6.61 Å². The Morgan fingerprint density at radius 3 is 2.21 bits per heavy atom. The lowest BCUT2D eigenvalue weighted by molar-refractivity contribution is 0.0512. The zero-order valence-electron chi connectivity index (χ0n) is 29.1. The molecule has 1 N–H and O–H groups in total. The number of carbonyl (C=O) groups is 1. The third-order valence-corrected chi connectivity index (χ3v) is 9.76. The third-order valence-electron chi connectivity index (χ3n) is 8.44. The van der Waals surface area contributed by atoms with Crippen molar-refractivity contribution in [2.45, 2.75) is 98.7 Å². The number of sulfonamides is 1. The molecule has 4 bridgehead atoms. The molecule has 5 rings (SSSR count). The minimum absolute atomic E-state index is 0.0635. The van der Waals surface area contributed by atoms with Crippen molar-refractivity contribution in [3.05, 3.63) is 82.2 Å². The summed E-state index contributed by atoms with van der Waals surface area (Å²) in [6.45, 7) is 21.0. The van der Waals surface area contributed by atoms with E-state index < -0.39 is 16.1 Å². The molecule has 1 atom stereocenters. The van der Waals surface area contributed by atoms with Gasteiger partial charge in [0.25, 0.3) is 15.9 Å². The number of nitrogens with zero attached hydrogens (tertiary/aromatic N) is 5. The number of hydrogen-bond donors (Lipinski definition) is 1. The monoisotopic (exact) mass is 658 g/mol. The summed E-state index contributed by atoms with van der Waals surface area (Å²) < 4.78 is 38.4. The lowest BCUT2D eigenvalue weighted by atomic mass is 9.87. The van der Waals surface area contributed by atoms with Crippen LogP contribution in [0.1, 0.15) is 86.4 Å². The average Bonchev–Trinajstić information content (AvgIpc) is 3.25. The molecule has 2 aromatic carbocycles. The van der Waals surface area contributed by atoms with Gasteiger partial charge in [-0.2, -0.15) is 10.1 Å². The number of aryl methyl sites for hydroxylation is 3. The van der Waals surface area contributed by atoms with Crippen LogP contribution in [0.15, 0.2) is 53.4 Å². The van der Waals surface area contributed by atoms with Gasteiger partial charge in [0.2, 0.25) is 11.8 Å². The highest BCUT2D eigenvalue weighted by Crippen LogP contribution is 2.32. The van der Waals surface area contributed by atoms with Gasteiger partial charge in [-0.1, -0.05) is 45.0 Å². The molecular formula is C36H46N6O4S. The number of ether oxygens (including phenoxy) is 1. The predicted octanol–water partition coefficient (Wildman–Crippen LogP) is 6.97. The van der Waals surface area contributed by atoms with Crippen molar-refractivity contribution in [3.63, 3.8) is 0 Å². The Morgan fingerprint density at radius 2 is 1.60 bits per heavy atom. The molecule has 0 spiro atoms. The first kappa shape index (κ1) is 34.1. The number of nitrogens with one attached hydrogen (secondary N) is 1. The van der Waals surface area contributed by atoms with Crippen LogP contribution < -0.4 is 9.46 Å². The van der Waals surface area contributed by atoms with Crippen LogP contribution in [-0.2, 0) is 22.1 Å². The Bertz CT molecular complexity index is 1920. The highest BCUT2D eigenvalue weighted by atomic mass is 32.2. The van der Waals surface area contributed by atoms with E-state index in [0.29, 0.717) is 12.1 Å². The van der Waals surface area contributed by atoms with Crippen molar-refractivity contribution in [1.29, 1.82) is 0 Å². The molecule has 11 heteroatoms. The number of amides is 1. The van der Waals surface area contributed by atoms with E-state index in [-0.39, 0.29) is 52.3 Å². The molecule has 250 valence electrons. The number of fused-ring (bicyclic) bond motifs is 4. The molecule has 0 fully saturated rings. The molecule has 0 unspecified atom stereocenters. The van der Waals surface area contributed by atoms with E-state index in [4.69, 9.17) is 9.84 Å². The third kappa shape index (κ3) is 7.35. The molecule has 10 nitrogen and oxygen atoms in total. The van der Waals surface area contributed by atoms with Crippen LogP contribution in [0.3, 0.4) is 0 Å². The summed E-state index contributed by atoms with van der Waals surface area (Å²) in [4.78, 5) is 25.4. The predicted molar refractivity (Wildman–Crippen MR) is 184 cm³/mol. The second kappa shape index (κ2) is 12.4. The van der Waals surface area contributed by atoms with E-state index in [1.165, 1.54) is 12.1 Å². The first-order valence-corrected chi connectivity index (χ1v) is 17.4. The minimum atomic E-state index is -4.16. The maximum atomic E-state index is 14.6. The molecule has 0 saturated heterocycles. The lowest BCUT2D eigenvalue weighted by Gasteiger charge is -2.36. The Labute approximate surface area is 278 Å². The summed E-state index contributed by atoms with van der Waals surface area (Å²) >= 11 is 0. The van der Waals surface area contributed by atoms with Crippen molar-refractivity contribution in [3.8, 4) is 17.1 Å². The number of carbonyl (C=O) groups excluding carboxylic acids is 1. The van der Waals surface area contributed by atoms with Gasteiger partial charge in [-0.25, -0.2) is 18.1 Å². The standard InChI is InChI=1S/C36H46N6O4S/c1-22-13-11-14-23(2)32(22)30-18-31-38-34(37-30)40-47(44,45)28-16-12-15-26(17-28)33(43)41(27(21-46-31)19-35(5,6)7)20-29-24(3)39-42(25(29)4)36(8,9)10/h11-18,27H,19-21H2,1-10H3,(H,37,38,40)/t27-/m1/s1. The first-order chi connectivity index (χ1) is 21.8. The van der Waals surface area contributed by atoms with E-state index in [0.717, 1.165) is 33.6 Å². The van der Waals surface area contributed by atoms with Crippen LogP contribution in [0, 0.1) is 33.1 Å². The highest BCUT2D eigenvalue weighted by molar-refractivity contribution is 7.92. The van der Waals surface area contributed by atoms with Gasteiger partial charge in [0, 0.05) is 28.5 Å². The second-order valence-electron chi connectivity index (χ2n) is 14.7. The Morgan fingerprint density at radius 1 is 0.936 bits per heavy atom. The first-order valence-electron chi connectivity index (χ1n) is 15.9. The fraction of sp³-hybridized carbons (Fsp3) is 0.444. The summed E-state index contributed by atoms with van der Waals surface area (Å²) in [5.74, 6) is -0.197. The minimum Gasteiger partial charge on any atom is -0.475 e. The summed E-state index contributed by atoms with van der Waals surface area (Å²) in [6, 6.07) is 13.4. The van der Waals surface area contributed by atoms with Crippen molar-refractivity contribution in [2.24, 2.45) is 5.41 Å². The highest BCUT2D eigenvalue weighted by Gasteiger charge is 2.33. The van der Waals surface area contributed by atoms with Crippen molar-refractivity contribution in [1.82, 2.24) is 24.6 Å². The van der Waals surface area contributed by atoms with Gasteiger partial charge in [0.15, 0.2) is 0 Å². The van der Waals surface area contributed by atoms with E-state index in [9.17, 15) is 13.2 Å². The number of aromatic nitrogens is 4. The molecule has 1 aliphatic rings. The van der Waals surface area contributed by atoms with Crippen LogP contribution in [0.5, 0.6) is 5.88 Å². The maximum absolute atomic E-state index is 14.6. The Hall–Kier alpha value is -4.25. The van der Waals surface area contributed by atoms with Gasteiger partial charge >= 0.3 is 0 Å². The van der Waals surface area contributed by atoms with Crippen LogP contribution in [0.2, 0.25) is 0 Å². The van der Waals surface area contributed by atoms with Crippen molar-refractivity contribution >= 4 is 21.9 Å². The van der Waals surface area contributed by atoms with Crippen LogP contribution in [0.4, 0.5) is 5.95 Å². The topological polar surface area (TPSA) is 119 Å². The molecule has 0 saturated carbocycles. The van der Waals surface area contributed by atoms with E-state index in [2.05, 4.69) is 56.2 Å². The fourth-order valence-corrected chi connectivity index (χ4v) is 7.26. The number of anilines is 1. The zero-order chi connectivity index (χ0) is 34.5. The number of benzene rings is 2. The molecule has 4 aromatic rings. The van der Waals surface area contributed by atoms with Crippen molar-refractivity contribution < 1.29 is 17.9 Å².